The molecule has 1 N–H and O–H groups in total. The fraction of sp³-hybridized carbons (Fsp3) is 0.400. The van der Waals surface area contributed by atoms with Crippen LogP contribution in [0.5, 0.6) is 11.5 Å². The first-order chi connectivity index (χ1) is 7.52. The topological polar surface area (TPSA) is 64.6 Å². The molecule has 0 bridgehead atoms. The Balaban J connectivity index is 3.00. The van der Waals surface area contributed by atoms with Gasteiger partial charge in [-0.25, -0.2) is 13.1 Å². The van der Waals surface area contributed by atoms with E-state index in [1.807, 2.05) is 0 Å². The van der Waals surface area contributed by atoms with E-state index in [9.17, 15) is 8.42 Å². The summed E-state index contributed by atoms with van der Waals surface area (Å²) in [6.45, 7) is 0. The highest BCUT2D eigenvalue weighted by atomic mass is 32.2. The smallest absolute Gasteiger partial charge is 0.215 e. The van der Waals surface area contributed by atoms with Gasteiger partial charge in [-0.15, -0.1) is 0 Å². The summed E-state index contributed by atoms with van der Waals surface area (Å²) < 4.78 is 35.1. The Hall–Kier alpha value is -1.27. The fourth-order valence-corrected chi connectivity index (χ4v) is 2.02. The average Bonchev–Trinajstić information content (AvgIpc) is 2.28. The molecule has 0 amide bonds. The van der Waals surface area contributed by atoms with E-state index in [0.717, 1.165) is 0 Å². The van der Waals surface area contributed by atoms with Crippen LogP contribution in [0, 0.1) is 0 Å². The number of hydrogen-bond acceptors (Lipinski definition) is 4. The Kier molecular flexibility index (Phi) is 4.14. The van der Waals surface area contributed by atoms with Crippen LogP contribution in [0.2, 0.25) is 0 Å². The standard InChI is InChI=1S/C10H15NO4S/c1-11-16(12,13)7-8-4-5-9(14-2)10(6-8)15-3/h4-6,11H,7H2,1-3H3. The number of rotatable bonds is 5. The molecule has 0 heterocycles. The zero-order valence-corrected chi connectivity index (χ0v) is 10.3. The molecule has 1 aromatic rings. The van der Waals surface area contributed by atoms with Gasteiger partial charge in [0.2, 0.25) is 10.0 Å². The van der Waals surface area contributed by atoms with Gasteiger partial charge in [0.1, 0.15) is 0 Å². The third-order valence-corrected chi connectivity index (χ3v) is 3.45. The van der Waals surface area contributed by atoms with Crippen LogP contribution in [-0.4, -0.2) is 29.7 Å². The van der Waals surface area contributed by atoms with E-state index in [2.05, 4.69) is 4.72 Å². The minimum Gasteiger partial charge on any atom is -0.493 e. The zero-order valence-electron chi connectivity index (χ0n) is 9.48. The van der Waals surface area contributed by atoms with E-state index >= 15 is 0 Å². The van der Waals surface area contributed by atoms with Gasteiger partial charge in [-0.1, -0.05) is 6.07 Å². The lowest BCUT2D eigenvalue weighted by Crippen LogP contribution is -2.20. The van der Waals surface area contributed by atoms with Crippen LogP contribution < -0.4 is 14.2 Å². The maximum atomic E-state index is 11.3. The Labute approximate surface area is 95.4 Å². The van der Waals surface area contributed by atoms with Crippen LogP contribution in [0.15, 0.2) is 18.2 Å². The second-order valence-corrected chi connectivity index (χ2v) is 5.08. The van der Waals surface area contributed by atoms with Crippen molar-refractivity contribution in [1.29, 1.82) is 0 Å². The number of benzene rings is 1. The Morgan fingerprint density at radius 2 is 1.81 bits per heavy atom. The second kappa shape index (κ2) is 5.18. The molecule has 0 aliphatic heterocycles. The largest absolute Gasteiger partial charge is 0.493 e. The summed E-state index contributed by atoms with van der Waals surface area (Å²) in [5.41, 5.74) is 0.645. The van der Waals surface area contributed by atoms with Gasteiger partial charge in [0.15, 0.2) is 11.5 Å². The first-order valence-corrected chi connectivity index (χ1v) is 6.29. The van der Waals surface area contributed by atoms with E-state index in [4.69, 9.17) is 9.47 Å². The minimum atomic E-state index is -3.26. The van der Waals surface area contributed by atoms with Crippen LogP contribution in [0.25, 0.3) is 0 Å². The molecule has 0 aliphatic carbocycles. The normalized spacial score (nSPS) is 11.2. The van der Waals surface area contributed by atoms with E-state index < -0.39 is 10.0 Å². The summed E-state index contributed by atoms with van der Waals surface area (Å²) in [5.74, 6) is 1.02. The van der Waals surface area contributed by atoms with E-state index in [1.54, 1.807) is 18.2 Å². The van der Waals surface area contributed by atoms with Crippen molar-refractivity contribution in [3.05, 3.63) is 23.8 Å². The molecule has 0 fully saturated rings. The van der Waals surface area contributed by atoms with Gasteiger partial charge >= 0.3 is 0 Å². The maximum Gasteiger partial charge on any atom is 0.215 e. The maximum absolute atomic E-state index is 11.3. The third kappa shape index (κ3) is 3.11. The molecule has 0 aromatic heterocycles. The predicted octanol–water partition coefficient (Wildman–Crippen LogP) is 0.753. The van der Waals surface area contributed by atoms with Gasteiger partial charge in [-0.05, 0) is 24.7 Å². The molecule has 0 aliphatic rings. The molecule has 0 saturated carbocycles. The summed E-state index contributed by atoms with van der Waals surface area (Å²) >= 11 is 0. The second-order valence-electron chi connectivity index (χ2n) is 3.15. The third-order valence-electron chi connectivity index (χ3n) is 2.12. The molecule has 0 radical (unpaired) electrons. The van der Waals surface area contributed by atoms with Crippen LogP contribution in [0.3, 0.4) is 0 Å². The number of methoxy groups -OCH3 is 2. The van der Waals surface area contributed by atoms with Gasteiger partial charge in [-0.2, -0.15) is 0 Å². The molecule has 1 aromatic carbocycles. The molecule has 0 atom stereocenters. The summed E-state index contributed by atoms with van der Waals surface area (Å²) in [7, 11) is 1.16. The molecule has 90 valence electrons. The van der Waals surface area contributed by atoms with Crippen molar-refractivity contribution in [2.45, 2.75) is 5.75 Å². The first-order valence-electron chi connectivity index (χ1n) is 4.64. The zero-order chi connectivity index (χ0) is 12.2. The molecule has 0 unspecified atom stereocenters. The quantitative estimate of drug-likeness (QED) is 0.831. The van der Waals surface area contributed by atoms with Crippen molar-refractivity contribution in [2.24, 2.45) is 0 Å². The van der Waals surface area contributed by atoms with Crippen molar-refractivity contribution < 1.29 is 17.9 Å². The van der Waals surface area contributed by atoms with Gasteiger partial charge < -0.3 is 9.47 Å². The summed E-state index contributed by atoms with van der Waals surface area (Å²) in [4.78, 5) is 0. The molecule has 5 nitrogen and oxygen atoms in total. The van der Waals surface area contributed by atoms with E-state index in [1.165, 1.54) is 21.3 Å². The summed E-state index contributed by atoms with van der Waals surface area (Å²) in [6, 6.07) is 5.02. The Bertz CT molecular complexity index is 456. The minimum absolute atomic E-state index is 0.0795. The first kappa shape index (κ1) is 12.8. The summed E-state index contributed by atoms with van der Waals surface area (Å²) in [6.07, 6.45) is 0. The molecule has 16 heavy (non-hydrogen) atoms. The number of hydrogen-bond donors (Lipinski definition) is 1. The van der Waals surface area contributed by atoms with Crippen LogP contribution >= 0.6 is 0 Å². The number of ether oxygens (including phenoxy) is 2. The molecule has 1 rings (SSSR count). The molecule has 0 spiro atoms. The van der Waals surface area contributed by atoms with Crippen molar-refractivity contribution in [3.63, 3.8) is 0 Å². The lowest BCUT2D eigenvalue weighted by Gasteiger charge is -2.09. The number of nitrogens with one attached hydrogen (secondary N) is 1. The predicted molar refractivity (Wildman–Crippen MR) is 61.2 cm³/mol. The van der Waals surface area contributed by atoms with Gasteiger partial charge in [0.05, 0.1) is 20.0 Å². The van der Waals surface area contributed by atoms with Crippen LogP contribution in [0.1, 0.15) is 5.56 Å². The highest BCUT2D eigenvalue weighted by molar-refractivity contribution is 7.88. The van der Waals surface area contributed by atoms with Crippen molar-refractivity contribution in [2.75, 3.05) is 21.3 Å². The lowest BCUT2D eigenvalue weighted by molar-refractivity contribution is 0.354. The summed E-state index contributed by atoms with van der Waals surface area (Å²) in [5, 5.41) is 0. The lowest BCUT2D eigenvalue weighted by atomic mass is 10.2. The van der Waals surface area contributed by atoms with Gasteiger partial charge in [0, 0.05) is 0 Å². The molecular weight excluding hydrogens is 230 g/mol. The van der Waals surface area contributed by atoms with E-state index in [0.29, 0.717) is 17.1 Å². The van der Waals surface area contributed by atoms with Gasteiger partial charge in [0.25, 0.3) is 0 Å². The van der Waals surface area contributed by atoms with E-state index in [-0.39, 0.29) is 5.75 Å². The Morgan fingerprint density at radius 3 is 2.31 bits per heavy atom. The van der Waals surface area contributed by atoms with Crippen LogP contribution in [0.4, 0.5) is 0 Å². The van der Waals surface area contributed by atoms with Crippen LogP contribution in [-0.2, 0) is 15.8 Å². The van der Waals surface area contributed by atoms with Crippen molar-refractivity contribution in [1.82, 2.24) is 4.72 Å². The molecule has 6 heteroatoms. The number of sulfonamides is 1. The SMILES string of the molecule is CNS(=O)(=O)Cc1ccc(OC)c(OC)c1. The molecule has 0 saturated heterocycles. The molecular formula is C10H15NO4S. The average molecular weight is 245 g/mol. The Morgan fingerprint density at radius 1 is 1.19 bits per heavy atom. The fourth-order valence-electron chi connectivity index (χ4n) is 1.26. The van der Waals surface area contributed by atoms with Gasteiger partial charge in [-0.3, -0.25) is 0 Å². The monoisotopic (exact) mass is 245 g/mol. The van der Waals surface area contributed by atoms with Crippen molar-refractivity contribution >= 4 is 10.0 Å². The van der Waals surface area contributed by atoms with Crippen molar-refractivity contribution in [3.8, 4) is 11.5 Å². The highest BCUT2D eigenvalue weighted by Crippen LogP contribution is 2.27. The highest BCUT2D eigenvalue weighted by Gasteiger charge is 2.11.